The first-order chi connectivity index (χ1) is 29.0. The van der Waals surface area contributed by atoms with Gasteiger partial charge in [-0.15, -0.1) is 0 Å². The van der Waals surface area contributed by atoms with Crippen molar-refractivity contribution in [3.8, 4) is 33.4 Å². The second-order valence-electron chi connectivity index (χ2n) is 18.9. The number of anilines is 5. The molecule has 3 heterocycles. The van der Waals surface area contributed by atoms with Crippen LogP contribution in [-0.4, -0.2) is 6.85 Å². The fourth-order valence-electron chi connectivity index (χ4n) is 11.6. The normalized spacial score (nSPS) is 16.5. The maximum Gasteiger partial charge on any atom is 0.333 e. The average molecular weight is 771 g/mol. The SMILES string of the molecule is CC1(C)c2ccccc2C(C)(C)c2cc3c(cc21)-c1cc(-c2ccccc2)cc2c1B(c1cccc4c1N2c1ccccc1C4(C)C)N3c1ccc(-c2ccccc2)cc1. The van der Waals surface area contributed by atoms with E-state index in [4.69, 9.17) is 0 Å². The van der Waals surface area contributed by atoms with Gasteiger partial charge in [0, 0.05) is 44.6 Å². The molecule has 0 N–H and O–H groups in total. The van der Waals surface area contributed by atoms with E-state index in [-0.39, 0.29) is 23.1 Å². The van der Waals surface area contributed by atoms with Gasteiger partial charge < -0.3 is 9.71 Å². The number of fused-ring (bicyclic) bond motifs is 8. The Kier molecular flexibility index (Phi) is 7.22. The summed E-state index contributed by atoms with van der Waals surface area (Å²) in [6, 6.07) is 66.6. The average Bonchev–Trinajstić information content (AvgIpc) is 3.28. The third-order valence-corrected chi connectivity index (χ3v) is 14.7. The predicted octanol–water partition coefficient (Wildman–Crippen LogP) is 13.3. The van der Waals surface area contributed by atoms with Crippen LogP contribution in [0.5, 0.6) is 0 Å². The molecule has 3 heteroatoms. The molecule has 0 saturated carbocycles. The Morgan fingerprint density at radius 3 is 1.57 bits per heavy atom. The highest BCUT2D eigenvalue weighted by Crippen LogP contribution is 2.58. The van der Waals surface area contributed by atoms with Crippen LogP contribution in [-0.2, 0) is 16.2 Å². The summed E-state index contributed by atoms with van der Waals surface area (Å²) < 4.78 is 0. The van der Waals surface area contributed by atoms with E-state index in [0.717, 1.165) is 0 Å². The molecule has 0 atom stereocenters. The van der Waals surface area contributed by atoms with Crippen molar-refractivity contribution in [2.75, 3.05) is 9.71 Å². The third kappa shape index (κ3) is 4.66. The lowest BCUT2D eigenvalue weighted by molar-refractivity contribution is 0.521. The molecule has 12 rings (SSSR count). The van der Waals surface area contributed by atoms with Gasteiger partial charge in [-0.2, -0.15) is 0 Å². The zero-order valence-corrected chi connectivity index (χ0v) is 35.2. The van der Waals surface area contributed by atoms with Crippen LogP contribution in [0.4, 0.5) is 28.4 Å². The quantitative estimate of drug-likeness (QED) is 0.165. The molecule has 8 aromatic carbocycles. The summed E-state index contributed by atoms with van der Waals surface area (Å²) in [5.41, 5.74) is 24.3. The molecular formula is C57H47BN2. The van der Waals surface area contributed by atoms with Gasteiger partial charge in [0.05, 0.1) is 5.69 Å². The second-order valence-corrected chi connectivity index (χ2v) is 18.9. The second kappa shape index (κ2) is 12.2. The zero-order chi connectivity index (χ0) is 40.7. The van der Waals surface area contributed by atoms with Gasteiger partial charge in [0.25, 0.3) is 0 Å². The largest absolute Gasteiger partial charge is 0.376 e. The topological polar surface area (TPSA) is 6.48 Å². The minimum atomic E-state index is -0.195. The van der Waals surface area contributed by atoms with E-state index in [1.807, 2.05) is 0 Å². The molecule has 3 aliphatic heterocycles. The summed E-state index contributed by atoms with van der Waals surface area (Å²) >= 11 is 0. The Labute approximate surface area is 354 Å². The van der Waals surface area contributed by atoms with Crippen LogP contribution < -0.4 is 20.6 Å². The van der Waals surface area contributed by atoms with Gasteiger partial charge in [-0.05, 0) is 115 Å². The molecule has 0 spiro atoms. The molecule has 0 radical (unpaired) electrons. The number of hydrogen-bond donors (Lipinski definition) is 0. The van der Waals surface area contributed by atoms with Gasteiger partial charge in [0.2, 0.25) is 0 Å². The van der Waals surface area contributed by atoms with Crippen molar-refractivity contribution >= 4 is 46.2 Å². The van der Waals surface area contributed by atoms with E-state index in [2.05, 4.69) is 227 Å². The highest BCUT2D eigenvalue weighted by Gasteiger charge is 2.51. The summed E-state index contributed by atoms with van der Waals surface area (Å²) in [7, 11) is 0. The molecule has 60 heavy (non-hydrogen) atoms. The Balaban J connectivity index is 1.22. The number of benzene rings is 8. The maximum atomic E-state index is 2.70. The number of para-hydroxylation sites is 2. The lowest BCUT2D eigenvalue weighted by atomic mass is 9.42. The Morgan fingerprint density at radius 1 is 0.367 bits per heavy atom. The van der Waals surface area contributed by atoms with Crippen molar-refractivity contribution in [2.24, 2.45) is 0 Å². The molecule has 0 unspecified atom stereocenters. The number of hydrogen-bond acceptors (Lipinski definition) is 2. The molecule has 0 bridgehead atoms. The van der Waals surface area contributed by atoms with Crippen LogP contribution in [0.25, 0.3) is 33.4 Å². The highest BCUT2D eigenvalue weighted by molar-refractivity contribution is 6.93. The lowest BCUT2D eigenvalue weighted by Crippen LogP contribution is -2.62. The van der Waals surface area contributed by atoms with Gasteiger partial charge in [-0.3, -0.25) is 0 Å². The van der Waals surface area contributed by atoms with Crippen LogP contribution in [0.1, 0.15) is 74.9 Å². The summed E-state index contributed by atoms with van der Waals surface area (Å²) in [6.45, 7) is 14.5. The first kappa shape index (κ1) is 35.4. The van der Waals surface area contributed by atoms with Crippen molar-refractivity contribution in [2.45, 2.75) is 57.8 Å². The van der Waals surface area contributed by atoms with E-state index < -0.39 is 0 Å². The number of rotatable bonds is 3. The third-order valence-electron chi connectivity index (χ3n) is 14.7. The van der Waals surface area contributed by atoms with E-state index in [1.54, 1.807) is 0 Å². The predicted molar refractivity (Wildman–Crippen MR) is 254 cm³/mol. The highest BCUT2D eigenvalue weighted by atomic mass is 15.2. The van der Waals surface area contributed by atoms with E-state index >= 15 is 0 Å². The van der Waals surface area contributed by atoms with E-state index in [0.29, 0.717) is 0 Å². The summed E-state index contributed by atoms with van der Waals surface area (Å²) in [5, 5.41) is 0. The minimum Gasteiger partial charge on any atom is -0.376 e. The van der Waals surface area contributed by atoms with Crippen LogP contribution >= 0.6 is 0 Å². The summed E-state index contributed by atoms with van der Waals surface area (Å²) in [5.74, 6) is 0. The lowest BCUT2D eigenvalue weighted by Gasteiger charge is -2.51. The molecular weight excluding hydrogens is 723 g/mol. The first-order valence-electron chi connectivity index (χ1n) is 21.6. The maximum absolute atomic E-state index is 2.70. The van der Waals surface area contributed by atoms with Crippen molar-refractivity contribution in [1.82, 2.24) is 0 Å². The molecule has 0 saturated heterocycles. The van der Waals surface area contributed by atoms with Gasteiger partial charge in [-0.25, -0.2) is 0 Å². The van der Waals surface area contributed by atoms with Crippen LogP contribution in [0, 0.1) is 0 Å². The smallest absolute Gasteiger partial charge is 0.333 e. The van der Waals surface area contributed by atoms with Gasteiger partial charge in [0.1, 0.15) is 0 Å². The molecule has 2 nitrogen and oxygen atoms in total. The van der Waals surface area contributed by atoms with Gasteiger partial charge in [-0.1, -0.05) is 175 Å². The standard InChI is InChI=1S/C57H47BN2/c1-55(2)43-22-13-14-23-44(43)56(3,4)48-35-51-41(34-47(48)55)42-32-39(37-20-11-8-12-21-37)33-52-53(42)58(60(51)40-30-28-38(29-31-40)36-18-9-7-10-19-36)49-26-17-25-46-54(49)59(52)50-27-16-15-24-45(50)57(46,5)6/h7-35H,1-6H3. The van der Waals surface area contributed by atoms with Crippen LogP contribution in [0.3, 0.4) is 0 Å². The van der Waals surface area contributed by atoms with Crippen LogP contribution in [0.2, 0.25) is 0 Å². The molecule has 8 aromatic rings. The van der Waals surface area contributed by atoms with E-state index in [1.165, 1.54) is 106 Å². The Bertz CT molecular complexity index is 3070. The van der Waals surface area contributed by atoms with Gasteiger partial charge >= 0.3 is 6.85 Å². The molecule has 1 aliphatic carbocycles. The Morgan fingerprint density at radius 2 is 0.900 bits per heavy atom. The van der Waals surface area contributed by atoms with Crippen molar-refractivity contribution in [3.05, 3.63) is 209 Å². The fourth-order valence-corrected chi connectivity index (χ4v) is 11.6. The van der Waals surface area contributed by atoms with Crippen LogP contribution in [0.15, 0.2) is 176 Å². The monoisotopic (exact) mass is 770 g/mol. The van der Waals surface area contributed by atoms with Crippen molar-refractivity contribution < 1.29 is 0 Å². The molecule has 0 fully saturated rings. The summed E-state index contributed by atoms with van der Waals surface area (Å²) in [4.78, 5) is 5.32. The minimum absolute atomic E-state index is 0.0628. The number of nitrogens with zero attached hydrogens (tertiary/aromatic N) is 2. The fraction of sp³-hybridized carbons (Fsp3) is 0.158. The molecule has 4 aliphatic rings. The zero-order valence-electron chi connectivity index (χ0n) is 35.2. The molecule has 288 valence electrons. The van der Waals surface area contributed by atoms with Crippen molar-refractivity contribution in [1.29, 1.82) is 0 Å². The summed E-state index contributed by atoms with van der Waals surface area (Å²) in [6.07, 6.45) is 0. The molecule has 0 aromatic heterocycles. The van der Waals surface area contributed by atoms with Crippen molar-refractivity contribution in [3.63, 3.8) is 0 Å². The molecule has 0 amide bonds. The van der Waals surface area contributed by atoms with E-state index in [9.17, 15) is 0 Å². The Hall–Kier alpha value is -6.58. The first-order valence-corrected chi connectivity index (χ1v) is 21.6. The van der Waals surface area contributed by atoms with Gasteiger partial charge in [0.15, 0.2) is 0 Å².